The van der Waals surface area contributed by atoms with E-state index in [1.54, 1.807) is 29.1 Å². The summed E-state index contributed by atoms with van der Waals surface area (Å²) in [4.78, 5) is 29.5. The third kappa shape index (κ3) is 6.64. The quantitative estimate of drug-likeness (QED) is 0.189. The number of hydrogen-bond donors (Lipinski definition) is 2. The normalized spacial score (nSPS) is 11.1. The first-order valence-corrected chi connectivity index (χ1v) is 13.7. The van der Waals surface area contributed by atoms with E-state index in [1.165, 1.54) is 7.11 Å². The van der Waals surface area contributed by atoms with E-state index in [0.29, 0.717) is 28.7 Å². The van der Waals surface area contributed by atoms with Gasteiger partial charge in [0.25, 0.3) is 0 Å². The molecule has 0 radical (unpaired) electrons. The number of carbonyl (C=O) groups excluding carboxylic acids is 2. The van der Waals surface area contributed by atoms with Crippen molar-refractivity contribution in [1.82, 2.24) is 14.8 Å². The van der Waals surface area contributed by atoms with Crippen LogP contribution >= 0.6 is 0 Å². The number of carbonyl (C=O) groups is 2. The number of anilines is 2. The van der Waals surface area contributed by atoms with E-state index < -0.39 is 6.03 Å². The van der Waals surface area contributed by atoms with Gasteiger partial charge >= 0.3 is 6.03 Å². The van der Waals surface area contributed by atoms with Crippen molar-refractivity contribution in [2.75, 3.05) is 24.4 Å². The minimum Gasteiger partial charge on any atom is -0.457 e. The molecule has 0 saturated heterocycles. The minimum atomic E-state index is -0.392. The van der Waals surface area contributed by atoms with Crippen molar-refractivity contribution in [2.24, 2.45) is 0 Å². The molecule has 0 aliphatic carbocycles. The Balaban J connectivity index is 1.37. The first-order valence-electron chi connectivity index (χ1n) is 13.7. The molecular weight excluding hydrogens is 530 g/mol. The zero-order valence-electron chi connectivity index (χ0n) is 24.0. The highest BCUT2D eigenvalue weighted by molar-refractivity contribution is 6.07. The van der Waals surface area contributed by atoms with Gasteiger partial charge in [-0.1, -0.05) is 55.8 Å². The van der Waals surface area contributed by atoms with E-state index in [1.807, 2.05) is 67.6 Å². The lowest BCUT2D eigenvalue weighted by molar-refractivity contribution is -0.122. The van der Waals surface area contributed by atoms with E-state index in [9.17, 15) is 9.59 Å². The molecule has 2 heterocycles. The number of hydrogen-bond acceptors (Lipinski definition) is 6. The highest BCUT2D eigenvalue weighted by Crippen LogP contribution is 2.34. The van der Waals surface area contributed by atoms with Crippen LogP contribution in [-0.2, 0) is 16.0 Å². The number of nitrogens with one attached hydrogen (secondary N) is 2. The summed E-state index contributed by atoms with van der Waals surface area (Å²) in [7, 11) is 1.49. The Morgan fingerprint density at radius 2 is 1.69 bits per heavy atom. The van der Waals surface area contributed by atoms with E-state index in [4.69, 9.17) is 14.6 Å². The second kappa shape index (κ2) is 12.7. The average molecular weight is 564 g/mol. The fraction of sp³-hybridized carbons (Fsp3) is 0.212. The lowest BCUT2D eigenvalue weighted by Crippen LogP contribution is -2.21. The van der Waals surface area contributed by atoms with Crippen LogP contribution in [-0.4, -0.2) is 40.3 Å². The molecule has 0 aliphatic heterocycles. The number of benzene rings is 3. The van der Waals surface area contributed by atoms with Crippen molar-refractivity contribution in [2.45, 2.75) is 33.1 Å². The van der Waals surface area contributed by atoms with Crippen LogP contribution in [0, 0.1) is 6.92 Å². The van der Waals surface area contributed by atoms with Crippen LogP contribution in [0.2, 0.25) is 0 Å². The second-order valence-electron chi connectivity index (χ2n) is 10.3. The van der Waals surface area contributed by atoms with Crippen LogP contribution in [0.25, 0.3) is 16.5 Å². The van der Waals surface area contributed by atoms with Crippen LogP contribution < -0.4 is 15.4 Å². The van der Waals surface area contributed by atoms with Crippen molar-refractivity contribution in [3.05, 3.63) is 102 Å². The van der Waals surface area contributed by atoms with Gasteiger partial charge in [0, 0.05) is 36.2 Å². The summed E-state index contributed by atoms with van der Waals surface area (Å²) in [6.45, 7) is 6.19. The monoisotopic (exact) mass is 563 g/mol. The number of aromatic nitrogens is 3. The van der Waals surface area contributed by atoms with E-state index in [2.05, 4.69) is 29.5 Å². The van der Waals surface area contributed by atoms with Crippen molar-refractivity contribution in [1.29, 1.82) is 0 Å². The van der Waals surface area contributed by atoms with Gasteiger partial charge in [-0.3, -0.25) is 15.1 Å². The minimum absolute atomic E-state index is 0.0343. The molecule has 2 N–H and O–H groups in total. The van der Waals surface area contributed by atoms with E-state index in [-0.39, 0.29) is 24.7 Å². The molecule has 0 bridgehead atoms. The zero-order valence-corrected chi connectivity index (χ0v) is 24.0. The Kier molecular flexibility index (Phi) is 8.59. The molecule has 5 aromatic rings. The lowest BCUT2D eigenvalue weighted by atomic mass is 10.1. The molecule has 9 heteroatoms. The van der Waals surface area contributed by atoms with E-state index in [0.717, 1.165) is 27.7 Å². The third-order valence-corrected chi connectivity index (χ3v) is 6.67. The molecule has 2 amide bonds. The summed E-state index contributed by atoms with van der Waals surface area (Å²) in [5, 5.41) is 12.3. The number of aryl methyl sites for hydroxylation is 1. The van der Waals surface area contributed by atoms with Gasteiger partial charge in [0.2, 0.25) is 0 Å². The van der Waals surface area contributed by atoms with Crippen LogP contribution in [0.3, 0.4) is 0 Å². The highest BCUT2D eigenvalue weighted by atomic mass is 16.5. The number of ketones is 1. The number of nitrogens with zero attached hydrogens (tertiary/aromatic N) is 3. The summed E-state index contributed by atoms with van der Waals surface area (Å²) < 4.78 is 12.9. The predicted molar refractivity (Wildman–Crippen MR) is 164 cm³/mol. The SMILES string of the molecule is COCC(=O)Cc1cc(Oc2ccc(NC(=O)Nc3cc(C(C)C)nn3-c3ccc(C)cc3)c3ccccc23)ccn1. The summed E-state index contributed by atoms with van der Waals surface area (Å²) in [6.07, 6.45) is 1.77. The number of fused-ring (bicyclic) bond motifs is 1. The van der Waals surface area contributed by atoms with Crippen LogP contribution in [0.1, 0.15) is 36.7 Å². The van der Waals surface area contributed by atoms with Gasteiger partial charge in [-0.05, 0) is 43.2 Å². The van der Waals surface area contributed by atoms with Crippen molar-refractivity contribution in [3.63, 3.8) is 0 Å². The van der Waals surface area contributed by atoms with Gasteiger partial charge in [-0.15, -0.1) is 0 Å². The molecule has 5 rings (SSSR count). The third-order valence-electron chi connectivity index (χ3n) is 6.67. The summed E-state index contributed by atoms with van der Waals surface area (Å²) in [5.41, 5.74) is 4.10. The molecule has 0 unspecified atom stereocenters. The van der Waals surface area contributed by atoms with Gasteiger partial charge in [-0.2, -0.15) is 5.10 Å². The average Bonchev–Trinajstić information content (AvgIpc) is 3.39. The molecule has 42 heavy (non-hydrogen) atoms. The summed E-state index contributed by atoms with van der Waals surface area (Å²) >= 11 is 0. The van der Waals surface area contributed by atoms with Gasteiger partial charge in [0.15, 0.2) is 5.78 Å². The molecule has 0 saturated carbocycles. The Morgan fingerprint density at radius 3 is 2.43 bits per heavy atom. The number of Topliss-reactive ketones (excluding diaryl/α,β-unsaturated/α-hetero) is 1. The van der Waals surface area contributed by atoms with E-state index >= 15 is 0 Å². The Labute approximate surface area is 244 Å². The molecule has 0 fully saturated rings. The molecule has 9 nitrogen and oxygen atoms in total. The number of amides is 2. The number of methoxy groups -OCH3 is 1. The number of rotatable bonds is 10. The zero-order chi connectivity index (χ0) is 29.6. The van der Waals surface area contributed by atoms with Crippen LogP contribution in [0.4, 0.5) is 16.3 Å². The molecule has 0 atom stereocenters. The maximum Gasteiger partial charge on any atom is 0.324 e. The van der Waals surface area contributed by atoms with Crippen molar-refractivity contribution < 1.29 is 19.1 Å². The first kappa shape index (κ1) is 28.5. The van der Waals surface area contributed by atoms with Gasteiger partial charge < -0.3 is 14.8 Å². The van der Waals surface area contributed by atoms with Crippen molar-refractivity contribution >= 4 is 34.1 Å². The number of ether oxygens (including phenoxy) is 2. The topological polar surface area (TPSA) is 107 Å². The fourth-order valence-electron chi connectivity index (χ4n) is 4.55. The molecule has 0 aliphatic rings. The molecule has 3 aromatic carbocycles. The standard InChI is InChI=1S/C33H33N5O4/c1-21(2)30-19-32(38(37-30)24-11-9-22(3)10-12-24)36-33(40)35-29-13-14-31(28-8-6-5-7-27(28)29)42-26-15-16-34-23(18-26)17-25(39)20-41-4/h5-16,18-19,21H,17,20H2,1-4H3,(H2,35,36,40). The Morgan fingerprint density at radius 1 is 0.929 bits per heavy atom. The predicted octanol–water partition coefficient (Wildman–Crippen LogP) is 7.05. The number of urea groups is 1. The van der Waals surface area contributed by atoms with Crippen LogP contribution in [0.5, 0.6) is 11.5 Å². The van der Waals surface area contributed by atoms with Gasteiger partial charge in [-0.25, -0.2) is 9.48 Å². The summed E-state index contributed by atoms with van der Waals surface area (Å²) in [5.74, 6) is 1.86. The molecule has 2 aromatic heterocycles. The van der Waals surface area contributed by atoms with Crippen LogP contribution in [0.15, 0.2) is 85.1 Å². The highest BCUT2D eigenvalue weighted by Gasteiger charge is 2.16. The Bertz CT molecular complexity index is 1730. The summed E-state index contributed by atoms with van der Waals surface area (Å²) in [6, 6.07) is 24.2. The maximum atomic E-state index is 13.3. The smallest absolute Gasteiger partial charge is 0.324 e. The molecular formula is C33H33N5O4. The fourth-order valence-corrected chi connectivity index (χ4v) is 4.55. The number of pyridine rings is 1. The maximum absolute atomic E-state index is 13.3. The van der Waals surface area contributed by atoms with Crippen molar-refractivity contribution in [3.8, 4) is 17.2 Å². The lowest BCUT2D eigenvalue weighted by Gasteiger charge is -2.14. The first-order chi connectivity index (χ1) is 20.3. The Hall–Kier alpha value is -5.02. The molecule has 0 spiro atoms. The van der Waals surface area contributed by atoms with Gasteiger partial charge in [0.1, 0.15) is 23.9 Å². The second-order valence-corrected chi connectivity index (χ2v) is 10.3. The molecule has 214 valence electrons. The van der Waals surface area contributed by atoms with Gasteiger partial charge in [0.05, 0.1) is 29.2 Å². The largest absolute Gasteiger partial charge is 0.457 e.